The van der Waals surface area contributed by atoms with Gasteiger partial charge in [0, 0.05) is 12.1 Å². The maximum Gasteiger partial charge on any atom is 0.325 e. The van der Waals surface area contributed by atoms with Gasteiger partial charge >= 0.3 is 5.97 Å². The number of thioether (sulfide) groups is 1. The number of carbonyl (C=O) groups is 3. The molecule has 10 heteroatoms. The SMILES string of the molecule is COC(=O)CN1C(=O)S/C(=C/c2ccc(-c3ccc(C)cc3[N+](=O)[O-])o2)C1=O. The summed E-state index contributed by atoms with van der Waals surface area (Å²) >= 11 is 0.667. The lowest BCUT2D eigenvalue weighted by Gasteiger charge is -2.09. The number of nitro groups is 1. The number of hydrogen-bond donors (Lipinski definition) is 0. The van der Waals surface area contributed by atoms with Crippen LogP contribution in [0.2, 0.25) is 0 Å². The fraction of sp³-hybridized carbons (Fsp3) is 0.167. The minimum Gasteiger partial charge on any atom is -0.468 e. The van der Waals surface area contributed by atoms with E-state index in [0.717, 1.165) is 17.6 Å². The Hall–Kier alpha value is -3.40. The number of nitro benzene ring substituents is 1. The summed E-state index contributed by atoms with van der Waals surface area (Å²) in [5.41, 5.74) is 0.940. The molecule has 1 aromatic heterocycles. The van der Waals surface area contributed by atoms with Crippen LogP contribution in [0.4, 0.5) is 10.5 Å². The zero-order valence-electron chi connectivity index (χ0n) is 14.8. The van der Waals surface area contributed by atoms with Gasteiger partial charge < -0.3 is 9.15 Å². The van der Waals surface area contributed by atoms with Crippen molar-refractivity contribution in [2.75, 3.05) is 13.7 Å². The largest absolute Gasteiger partial charge is 0.468 e. The molecule has 1 aromatic carbocycles. The third-order valence-electron chi connectivity index (χ3n) is 3.90. The quantitative estimate of drug-likeness (QED) is 0.323. The van der Waals surface area contributed by atoms with Crippen LogP contribution in [-0.4, -0.2) is 40.6 Å². The van der Waals surface area contributed by atoms with Crippen LogP contribution >= 0.6 is 11.8 Å². The summed E-state index contributed by atoms with van der Waals surface area (Å²) in [6, 6.07) is 7.83. The van der Waals surface area contributed by atoms with Crippen LogP contribution in [0.5, 0.6) is 0 Å². The van der Waals surface area contributed by atoms with Crippen LogP contribution in [0.1, 0.15) is 11.3 Å². The molecule has 144 valence electrons. The molecule has 1 aliphatic rings. The highest BCUT2D eigenvalue weighted by Gasteiger charge is 2.36. The maximum absolute atomic E-state index is 12.3. The zero-order chi connectivity index (χ0) is 20.4. The zero-order valence-corrected chi connectivity index (χ0v) is 15.6. The summed E-state index contributed by atoms with van der Waals surface area (Å²) in [7, 11) is 1.16. The lowest BCUT2D eigenvalue weighted by atomic mass is 10.1. The van der Waals surface area contributed by atoms with Crippen molar-refractivity contribution in [1.82, 2.24) is 4.90 Å². The van der Waals surface area contributed by atoms with E-state index in [1.54, 1.807) is 25.1 Å². The van der Waals surface area contributed by atoms with Crippen molar-refractivity contribution < 1.29 is 28.5 Å². The van der Waals surface area contributed by atoms with Gasteiger partial charge in [-0.2, -0.15) is 0 Å². The van der Waals surface area contributed by atoms with Gasteiger partial charge in [0.05, 0.1) is 22.5 Å². The summed E-state index contributed by atoms with van der Waals surface area (Å²) in [6.45, 7) is 1.27. The average Bonchev–Trinajstić information content (AvgIpc) is 3.22. The van der Waals surface area contributed by atoms with Gasteiger partial charge in [0.25, 0.3) is 16.8 Å². The van der Waals surface area contributed by atoms with Crippen LogP contribution in [0, 0.1) is 17.0 Å². The summed E-state index contributed by atoms with van der Waals surface area (Å²) in [5, 5.41) is 10.7. The Bertz CT molecular complexity index is 1020. The lowest BCUT2D eigenvalue weighted by Crippen LogP contribution is -2.34. The van der Waals surface area contributed by atoms with E-state index in [9.17, 15) is 24.5 Å². The topological polar surface area (TPSA) is 120 Å². The summed E-state index contributed by atoms with van der Waals surface area (Å²) in [6.07, 6.45) is 1.35. The predicted molar refractivity (Wildman–Crippen MR) is 100 cm³/mol. The number of ether oxygens (including phenoxy) is 1. The second-order valence-electron chi connectivity index (χ2n) is 5.82. The number of furan rings is 1. The molecule has 1 aliphatic heterocycles. The van der Waals surface area contributed by atoms with Gasteiger partial charge in [-0.3, -0.25) is 29.4 Å². The van der Waals surface area contributed by atoms with Gasteiger partial charge in [-0.25, -0.2) is 0 Å². The average molecular weight is 402 g/mol. The molecule has 9 nitrogen and oxygen atoms in total. The number of benzene rings is 1. The van der Waals surface area contributed by atoms with Crippen molar-refractivity contribution in [2.45, 2.75) is 6.92 Å². The Balaban J connectivity index is 1.88. The number of imide groups is 1. The predicted octanol–water partition coefficient (Wildman–Crippen LogP) is 3.37. The highest BCUT2D eigenvalue weighted by Crippen LogP contribution is 2.35. The van der Waals surface area contributed by atoms with Crippen LogP contribution in [0.25, 0.3) is 17.4 Å². The van der Waals surface area contributed by atoms with Gasteiger partial charge in [0.15, 0.2) is 0 Å². The van der Waals surface area contributed by atoms with E-state index in [0.29, 0.717) is 17.3 Å². The normalized spacial score (nSPS) is 15.4. The van der Waals surface area contributed by atoms with Crippen LogP contribution in [0.3, 0.4) is 0 Å². The molecular weight excluding hydrogens is 388 g/mol. The van der Waals surface area contributed by atoms with Crippen molar-refractivity contribution in [2.24, 2.45) is 0 Å². The third-order valence-corrected chi connectivity index (χ3v) is 4.81. The van der Waals surface area contributed by atoms with Gasteiger partial charge in [0.2, 0.25) is 0 Å². The molecule has 28 heavy (non-hydrogen) atoms. The molecule has 0 unspecified atom stereocenters. The Morgan fingerprint density at radius 3 is 2.75 bits per heavy atom. The monoisotopic (exact) mass is 402 g/mol. The van der Waals surface area contributed by atoms with Crippen molar-refractivity contribution >= 4 is 40.6 Å². The first-order valence-electron chi connectivity index (χ1n) is 7.97. The van der Waals surface area contributed by atoms with Crippen molar-refractivity contribution in [1.29, 1.82) is 0 Å². The second-order valence-corrected chi connectivity index (χ2v) is 6.82. The highest BCUT2D eigenvalue weighted by molar-refractivity contribution is 8.18. The molecule has 3 rings (SSSR count). The number of carbonyl (C=O) groups excluding carboxylic acids is 3. The van der Waals surface area contributed by atoms with E-state index in [2.05, 4.69) is 4.74 Å². The Kier molecular flexibility index (Phi) is 5.32. The molecule has 0 spiro atoms. The first-order valence-corrected chi connectivity index (χ1v) is 8.79. The minimum absolute atomic E-state index is 0.0770. The van der Waals surface area contributed by atoms with Gasteiger partial charge in [-0.15, -0.1) is 0 Å². The standard InChI is InChI=1S/C18H14N2O7S/c1-10-3-5-12(13(7-10)20(24)25)14-6-4-11(27-14)8-15-17(22)19(18(23)28-15)9-16(21)26-2/h3-8H,9H2,1-2H3/b15-8+. The molecule has 0 bridgehead atoms. The van der Waals surface area contributed by atoms with E-state index in [1.807, 2.05) is 0 Å². The molecule has 0 saturated carbocycles. The molecule has 0 N–H and O–H groups in total. The van der Waals surface area contributed by atoms with Crippen LogP contribution in [0.15, 0.2) is 39.7 Å². The van der Waals surface area contributed by atoms with E-state index >= 15 is 0 Å². The Morgan fingerprint density at radius 2 is 2.07 bits per heavy atom. The molecule has 0 atom stereocenters. The van der Waals surface area contributed by atoms with E-state index < -0.39 is 28.6 Å². The number of amides is 2. The molecular formula is C18H14N2O7S. The first kappa shape index (κ1) is 19.4. The molecule has 0 radical (unpaired) electrons. The molecule has 2 heterocycles. The number of esters is 1. The summed E-state index contributed by atoms with van der Waals surface area (Å²) in [4.78, 5) is 47.2. The fourth-order valence-corrected chi connectivity index (χ4v) is 3.35. The molecule has 2 amide bonds. The maximum atomic E-state index is 12.3. The van der Waals surface area contributed by atoms with Crippen LogP contribution in [-0.2, 0) is 14.3 Å². The molecule has 2 aromatic rings. The van der Waals surface area contributed by atoms with E-state index in [4.69, 9.17) is 4.42 Å². The Morgan fingerprint density at radius 1 is 1.32 bits per heavy atom. The lowest BCUT2D eigenvalue weighted by molar-refractivity contribution is -0.384. The summed E-state index contributed by atoms with van der Waals surface area (Å²) < 4.78 is 10.1. The third kappa shape index (κ3) is 3.81. The number of aryl methyl sites for hydroxylation is 1. The van der Waals surface area contributed by atoms with Crippen molar-refractivity contribution in [3.05, 3.63) is 56.7 Å². The second kappa shape index (κ2) is 7.69. The fourth-order valence-electron chi connectivity index (χ4n) is 2.54. The van der Waals surface area contributed by atoms with Gasteiger partial charge in [-0.1, -0.05) is 6.07 Å². The minimum atomic E-state index is -0.712. The van der Waals surface area contributed by atoms with Gasteiger partial charge in [-0.05, 0) is 42.4 Å². The first-order chi connectivity index (χ1) is 13.3. The number of rotatable bonds is 5. The summed E-state index contributed by atoms with van der Waals surface area (Å²) in [5.74, 6) is -0.852. The highest BCUT2D eigenvalue weighted by atomic mass is 32.2. The van der Waals surface area contributed by atoms with Crippen LogP contribution < -0.4 is 0 Å². The van der Waals surface area contributed by atoms with Crippen molar-refractivity contribution in [3.8, 4) is 11.3 Å². The van der Waals surface area contributed by atoms with Gasteiger partial charge in [0.1, 0.15) is 18.1 Å². The Labute approximate surface area is 163 Å². The number of methoxy groups -OCH3 is 1. The van der Waals surface area contributed by atoms with Crippen molar-refractivity contribution in [3.63, 3.8) is 0 Å². The molecule has 1 fully saturated rings. The molecule has 0 aliphatic carbocycles. The van der Waals surface area contributed by atoms with E-state index in [1.165, 1.54) is 18.2 Å². The van der Waals surface area contributed by atoms with E-state index in [-0.39, 0.29) is 22.1 Å². The smallest absolute Gasteiger partial charge is 0.325 e. The molecule has 1 saturated heterocycles. The number of hydrogen-bond acceptors (Lipinski definition) is 8. The number of nitrogens with zero attached hydrogens (tertiary/aromatic N) is 2.